The van der Waals surface area contributed by atoms with Gasteiger partial charge in [-0.15, -0.1) is 12.4 Å². The van der Waals surface area contributed by atoms with Crippen molar-refractivity contribution in [3.8, 4) is 0 Å². The summed E-state index contributed by atoms with van der Waals surface area (Å²) in [4.78, 5) is 0. The van der Waals surface area contributed by atoms with E-state index in [2.05, 4.69) is 0 Å². The average Bonchev–Trinajstić information content (AvgIpc) is 0. The van der Waals surface area contributed by atoms with Crippen molar-refractivity contribution in [1.82, 2.24) is 0 Å². The maximum Gasteiger partial charge on any atom is 0.187 e. The van der Waals surface area contributed by atoms with Gasteiger partial charge in [-0.1, -0.05) is 0 Å². The molecule has 0 aliphatic rings. The summed E-state index contributed by atoms with van der Waals surface area (Å²) in [7, 11) is 0. The maximum atomic E-state index is 0. The molecule has 0 aliphatic heterocycles. The fourth-order valence-corrected chi connectivity index (χ4v) is 0. The molecule has 0 bridgehead atoms. The van der Waals surface area contributed by atoms with Crippen LogP contribution in [0.25, 0.3) is 0 Å². The SMILES string of the molecule is Cl.O.[AlH3].[Fe]. The molecule has 2 N–H and O–H groups in total. The van der Waals surface area contributed by atoms with E-state index in [0.29, 0.717) is 0 Å². The first kappa shape index (κ1) is 57.9. The van der Waals surface area contributed by atoms with Crippen LogP contribution < -0.4 is 0 Å². The van der Waals surface area contributed by atoms with Crippen LogP contribution in [0.1, 0.15) is 0 Å². The second kappa shape index (κ2) is 27.7. The molecule has 4 heteroatoms. The molecule has 0 heterocycles. The van der Waals surface area contributed by atoms with Gasteiger partial charge in [0.05, 0.1) is 0 Å². The van der Waals surface area contributed by atoms with Gasteiger partial charge < -0.3 is 5.48 Å². The third-order valence-electron chi connectivity index (χ3n) is 0. The van der Waals surface area contributed by atoms with Crippen molar-refractivity contribution in [2.24, 2.45) is 0 Å². The molecule has 0 aromatic heterocycles. The van der Waals surface area contributed by atoms with Gasteiger partial charge in [-0.05, 0) is 0 Å². The summed E-state index contributed by atoms with van der Waals surface area (Å²) in [6.45, 7) is 0. The summed E-state index contributed by atoms with van der Waals surface area (Å²) in [5.74, 6) is 0. The quantitative estimate of drug-likeness (QED) is 0.363. The van der Waals surface area contributed by atoms with E-state index in [9.17, 15) is 0 Å². The van der Waals surface area contributed by atoms with E-state index in [1.165, 1.54) is 0 Å². The van der Waals surface area contributed by atoms with Gasteiger partial charge >= 0.3 is 0 Å². The summed E-state index contributed by atoms with van der Waals surface area (Å²) in [6, 6.07) is 0. The molecule has 0 saturated carbocycles. The zero-order chi connectivity index (χ0) is 0. The van der Waals surface area contributed by atoms with Gasteiger partial charge in [-0.25, -0.2) is 0 Å². The minimum Gasteiger partial charge on any atom is -0.412 e. The van der Waals surface area contributed by atoms with Gasteiger partial charge in [0.25, 0.3) is 0 Å². The molecular formula is H6AlClFeO. The topological polar surface area (TPSA) is 31.5 Å². The van der Waals surface area contributed by atoms with Gasteiger partial charge in [0.15, 0.2) is 17.4 Å². The van der Waals surface area contributed by atoms with Crippen molar-refractivity contribution in [3.63, 3.8) is 0 Å². The zero-order valence-corrected chi connectivity index (χ0v) is 3.18. The number of halogens is 1. The van der Waals surface area contributed by atoms with Crippen LogP contribution in [0.15, 0.2) is 0 Å². The molecule has 30 valence electrons. The predicted octanol–water partition coefficient (Wildman–Crippen LogP) is -1.59. The second-order valence-corrected chi connectivity index (χ2v) is 0. The summed E-state index contributed by atoms with van der Waals surface area (Å²) in [5, 5.41) is 0. The normalized spacial score (nSPS) is 0. The van der Waals surface area contributed by atoms with Crippen molar-refractivity contribution >= 4 is 29.8 Å². The Morgan fingerprint density at radius 3 is 1.00 bits per heavy atom. The van der Waals surface area contributed by atoms with Gasteiger partial charge in [-0.3, -0.25) is 0 Å². The molecule has 0 amide bonds. The summed E-state index contributed by atoms with van der Waals surface area (Å²) in [5.41, 5.74) is 0. The molecule has 0 unspecified atom stereocenters. The van der Waals surface area contributed by atoms with Crippen molar-refractivity contribution in [1.29, 1.82) is 0 Å². The van der Waals surface area contributed by atoms with E-state index in [-0.39, 0.29) is 52.3 Å². The largest absolute Gasteiger partial charge is 0.412 e. The first-order valence-electron chi connectivity index (χ1n) is 0. The van der Waals surface area contributed by atoms with Gasteiger partial charge in [0, 0.05) is 17.1 Å². The predicted molar refractivity (Wildman–Crippen MR) is 20.8 cm³/mol. The molecule has 0 aromatic carbocycles. The molecular weight excluding hydrogens is 134 g/mol. The minimum atomic E-state index is 0. The van der Waals surface area contributed by atoms with Crippen molar-refractivity contribution in [2.45, 2.75) is 0 Å². The third kappa shape index (κ3) is 10.3. The summed E-state index contributed by atoms with van der Waals surface area (Å²) < 4.78 is 0. The molecule has 0 atom stereocenters. The molecule has 0 aromatic rings. The molecule has 0 radical (unpaired) electrons. The smallest absolute Gasteiger partial charge is 0.187 e. The molecule has 0 aliphatic carbocycles. The van der Waals surface area contributed by atoms with E-state index < -0.39 is 0 Å². The van der Waals surface area contributed by atoms with Crippen LogP contribution in [0.2, 0.25) is 0 Å². The molecule has 0 saturated heterocycles. The Hall–Kier alpha value is 1.30. The second-order valence-electron chi connectivity index (χ2n) is 0. The first-order chi connectivity index (χ1) is 0. The third-order valence-corrected chi connectivity index (χ3v) is 0. The van der Waals surface area contributed by atoms with Crippen LogP contribution in [-0.2, 0) is 17.1 Å². The Labute approximate surface area is 52.5 Å². The number of hydrogen-bond acceptors (Lipinski definition) is 0. The molecule has 0 rings (SSSR count). The summed E-state index contributed by atoms with van der Waals surface area (Å²) in [6.07, 6.45) is 0. The Kier molecular flexibility index (Phi) is 400. The van der Waals surface area contributed by atoms with Crippen molar-refractivity contribution < 1.29 is 22.5 Å². The summed E-state index contributed by atoms with van der Waals surface area (Å²) >= 11 is 0. The van der Waals surface area contributed by atoms with Crippen LogP contribution in [-0.4, -0.2) is 22.8 Å². The van der Waals surface area contributed by atoms with Crippen molar-refractivity contribution in [3.05, 3.63) is 0 Å². The van der Waals surface area contributed by atoms with Crippen LogP contribution in [0.5, 0.6) is 0 Å². The van der Waals surface area contributed by atoms with Crippen molar-refractivity contribution in [2.75, 3.05) is 0 Å². The van der Waals surface area contributed by atoms with E-state index in [1.54, 1.807) is 0 Å². The molecule has 0 fully saturated rings. The first-order valence-corrected chi connectivity index (χ1v) is 0. The van der Waals surface area contributed by atoms with Gasteiger partial charge in [0.2, 0.25) is 0 Å². The Bertz CT molecular complexity index is 8.00. The van der Waals surface area contributed by atoms with E-state index in [0.717, 1.165) is 0 Å². The molecule has 1 nitrogen and oxygen atoms in total. The minimum absolute atomic E-state index is 0. The van der Waals surface area contributed by atoms with Gasteiger partial charge in [-0.2, -0.15) is 0 Å². The number of rotatable bonds is 0. The fourth-order valence-electron chi connectivity index (χ4n) is 0. The Morgan fingerprint density at radius 2 is 1.00 bits per heavy atom. The Balaban J connectivity index is 0. The van der Waals surface area contributed by atoms with Crippen LogP contribution in [0.3, 0.4) is 0 Å². The van der Waals surface area contributed by atoms with Crippen LogP contribution in [0, 0.1) is 0 Å². The Morgan fingerprint density at radius 1 is 1.00 bits per heavy atom. The monoisotopic (exact) mass is 140 g/mol. The van der Waals surface area contributed by atoms with E-state index >= 15 is 0 Å². The average molecular weight is 140 g/mol. The zero-order valence-electron chi connectivity index (χ0n) is 1.26. The van der Waals surface area contributed by atoms with Crippen LogP contribution >= 0.6 is 12.4 Å². The number of hydrogen-bond donors (Lipinski definition) is 0. The van der Waals surface area contributed by atoms with E-state index in [1.807, 2.05) is 0 Å². The van der Waals surface area contributed by atoms with E-state index in [4.69, 9.17) is 0 Å². The maximum absolute atomic E-state index is 0. The van der Waals surface area contributed by atoms with Crippen LogP contribution in [0.4, 0.5) is 0 Å². The molecule has 4 heavy (non-hydrogen) atoms. The fraction of sp³-hybridized carbons (Fsp3) is 0. The standard InChI is InChI=1S/Al.ClH.Fe.H2O.3H/h;1H;;1H2;;;. The van der Waals surface area contributed by atoms with Gasteiger partial charge in [0.1, 0.15) is 0 Å². The molecule has 0 spiro atoms.